The number of hydrogen-bond acceptors (Lipinski definition) is 3. The average molecular weight is 232 g/mol. The molecular weight excluding hydrogens is 216 g/mol. The number of carboxylic acids is 1. The first-order valence-corrected chi connectivity index (χ1v) is 5.51. The number of anilines is 1. The van der Waals surface area contributed by atoms with E-state index in [0.29, 0.717) is 5.56 Å². The van der Waals surface area contributed by atoms with Crippen LogP contribution in [-0.4, -0.2) is 17.1 Å². The molecule has 1 aromatic carbocycles. The van der Waals surface area contributed by atoms with Crippen molar-refractivity contribution in [2.75, 3.05) is 5.32 Å². The first-order chi connectivity index (χ1) is 8.02. The molecule has 4 heteroatoms. The summed E-state index contributed by atoms with van der Waals surface area (Å²) in [7, 11) is 0. The predicted molar refractivity (Wildman–Crippen MR) is 65.7 cm³/mol. The average Bonchev–Trinajstić information content (AvgIpc) is 2.28. The fourth-order valence-electron chi connectivity index (χ4n) is 1.50. The SMILES string of the molecule is CC(C)C(CC(=O)O)Nc1ccc(C#N)cc1. The van der Waals surface area contributed by atoms with Gasteiger partial charge in [-0.05, 0) is 30.2 Å². The number of aliphatic carboxylic acids is 1. The molecule has 0 bridgehead atoms. The van der Waals surface area contributed by atoms with Crippen molar-refractivity contribution in [2.45, 2.75) is 26.3 Å². The minimum atomic E-state index is -0.815. The molecule has 0 aliphatic heterocycles. The van der Waals surface area contributed by atoms with Gasteiger partial charge in [-0.1, -0.05) is 13.8 Å². The van der Waals surface area contributed by atoms with E-state index in [1.54, 1.807) is 24.3 Å². The summed E-state index contributed by atoms with van der Waals surface area (Å²) in [6.07, 6.45) is 0.0810. The molecule has 0 aliphatic rings. The molecule has 0 radical (unpaired) electrons. The number of benzene rings is 1. The quantitative estimate of drug-likeness (QED) is 0.817. The van der Waals surface area contributed by atoms with Crippen molar-refractivity contribution in [2.24, 2.45) is 5.92 Å². The zero-order valence-electron chi connectivity index (χ0n) is 9.97. The van der Waals surface area contributed by atoms with Crippen LogP contribution in [0.2, 0.25) is 0 Å². The third-order valence-corrected chi connectivity index (χ3v) is 2.57. The molecule has 17 heavy (non-hydrogen) atoms. The molecule has 1 atom stereocenters. The lowest BCUT2D eigenvalue weighted by Crippen LogP contribution is -2.28. The fraction of sp³-hybridized carbons (Fsp3) is 0.385. The molecule has 0 saturated carbocycles. The number of nitriles is 1. The van der Waals surface area contributed by atoms with Gasteiger partial charge in [0.25, 0.3) is 0 Å². The van der Waals surface area contributed by atoms with E-state index in [0.717, 1.165) is 5.69 Å². The second kappa shape index (κ2) is 5.90. The van der Waals surface area contributed by atoms with Crippen LogP contribution in [0.5, 0.6) is 0 Å². The lowest BCUT2D eigenvalue weighted by molar-refractivity contribution is -0.137. The second-order valence-electron chi connectivity index (χ2n) is 4.28. The number of carboxylic acid groups (broad SMARTS) is 1. The van der Waals surface area contributed by atoms with Crippen LogP contribution >= 0.6 is 0 Å². The van der Waals surface area contributed by atoms with E-state index in [1.165, 1.54) is 0 Å². The Morgan fingerprint density at radius 1 is 1.41 bits per heavy atom. The van der Waals surface area contributed by atoms with E-state index in [-0.39, 0.29) is 18.4 Å². The highest BCUT2D eigenvalue weighted by atomic mass is 16.4. The van der Waals surface area contributed by atoms with Gasteiger partial charge in [0, 0.05) is 11.7 Å². The minimum absolute atomic E-state index is 0.0810. The summed E-state index contributed by atoms with van der Waals surface area (Å²) in [5.41, 5.74) is 1.43. The Bertz CT molecular complexity index is 418. The van der Waals surface area contributed by atoms with Crippen LogP contribution in [0.15, 0.2) is 24.3 Å². The van der Waals surface area contributed by atoms with Crippen LogP contribution in [0.4, 0.5) is 5.69 Å². The number of nitrogens with one attached hydrogen (secondary N) is 1. The molecule has 1 aromatic rings. The molecule has 0 aromatic heterocycles. The Hall–Kier alpha value is -2.02. The van der Waals surface area contributed by atoms with Gasteiger partial charge in [-0.15, -0.1) is 0 Å². The molecule has 0 saturated heterocycles. The lowest BCUT2D eigenvalue weighted by Gasteiger charge is -2.21. The monoisotopic (exact) mass is 232 g/mol. The highest BCUT2D eigenvalue weighted by Crippen LogP contribution is 2.16. The summed E-state index contributed by atoms with van der Waals surface area (Å²) in [5, 5.41) is 20.7. The third-order valence-electron chi connectivity index (χ3n) is 2.57. The van der Waals surface area contributed by atoms with Crippen molar-refractivity contribution in [3.63, 3.8) is 0 Å². The van der Waals surface area contributed by atoms with Crippen molar-refractivity contribution < 1.29 is 9.90 Å². The van der Waals surface area contributed by atoms with Gasteiger partial charge in [-0.3, -0.25) is 4.79 Å². The number of carbonyl (C=O) groups is 1. The van der Waals surface area contributed by atoms with Gasteiger partial charge in [0.05, 0.1) is 18.1 Å². The topological polar surface area (TPSA) is 73.1 Å². The minimum Gasteiger partial charge on any atom is -0.481 e. The largest absolute Gasteiger partial charge is 0.481 e. The van der Waals surface area contributed by atoms with Crippen molar-refractivity contribution >= 4 is 11.7 Å². The zero-order valence-corrected chi connectivity index (χ0v) is 9.97. The maximum atomic E-state index is 10.7. The van der Waals surface area contributed by atoms with Gasteiger partial charge < -0.3 is 10.4 Å². The molecule has 1 unspecified atom stereocenters. The maximum Gasteiger partial charge on any atom is 0.305 e. The summed E-state index contributed by atoms with van der Waals surface area (Å²) in [6.45, 7) is 3.95. The highest BCUT2D eigenvalue weighted by Gasteiger charge is 2.16. The first-order valence-electron chi connectivity index (χ1n) is 5.51. The molecule has 0 aliphatic carbocycles. The molecular formula is C13H16N2O2. The van der Waals surface area contributed by atoms with Crippen LogP contribution in [-0.2, 0) is 4.79 Å². The molecule has 90 valence electrons. The van der Waals surface area contributed by atoms with Gasteiger partial charge in [-0.2, -0.15) is 5.26 Å². The van der Waals surface area contributed by atoms with Crippen LogP contribution in [0, 0.1) is 17.2 Å². The Kier molecular flexibility index (Phi) is 4.53. The molecule has 0 amide bonds. The molecule has 1 rings (SSSR count). The summed E-state index contributed by atoms with van der Waals surface area (Å²) >= 11 is 0. The standard InChI is InChI=1S/C13H16N2O2/c1-9(2)12(7-13(16)17)15-11-5-3-10(8-14)4-6-11/h3-6,9,12,15H,7H2,1-2H3,(H,16,17). The number of nitrogens with zero attached hydrogens (tertiary/aromatic N) is 1. The van der Waals surface area contributed by atoms with Crippen LogP contribution in [0.25, 0.3) is 0 Å². The Labute approximate surface area is 101 Å². The first kappa shape index (κ1) is 13.0. The molecule has 4 nitrogen and oxygen atoms in total. The van der Waals surface area contributed by atoms with Crippen molar-refractivity contribution in [1.82, 2.24) is 0 Å². The van der Waals surface area contributed by atoms with Crippen LogP contribution in [0.1, 0.15) is 25.8 Å². The fourth-order valence-corrected chi connectivity index (χ4v) is 1.50. The van der Waals surface area contributed by atoms with Crippen molar-refractivity contribution in [1.29, 1.82) is 5.26 Å². The van der Waals surface area contributed by atoms with E-state index < -0.39 is 5.97 Å². The van der Waals surface area contributed by atoms with Crippen LogP contribution in [0.3, 0.4) is 0 Å². The van der Waals surface area contributed by atoms with Gasteiger partial charge in [0.1, 0.15) is 0 Å². The van der Waals surface area contributed by atoms with Gasteiger partial charge in [0.15, 0.2) is 0 Å². The van der Waals surface area contributed by atoms with Crippen molar-refractivity contribution in [3.8, 4) is 6.07 Å². The Morgan fingerprint density at radius 2 is 2.00 bits per heavy atom. The van der Waals surface area contributed by atoms with Crippen molar-refractivity contribution in [3.05, 3.63) is 29.8 Å². The molecule has 0 fully saturated rings. The smallest absolute Gasteiger partial charge is 0.305 e. The molecule has 0 spiro atoms. The predicted octanol–water partition coefficient (Wildman–Crippen LogP) is 2.47. The van der Waals surface area contributed by atoms with E-state index >= 15 is 0 Å². The molecule has 0 heterocycles. The maximum absolute atomic E-state index is 10.7. The lowest BCUT2D eigenvalue weighted by atomic mass is 10.0. The van der Waals surface area contributed by atoms with E-state index in [4.69, 9.17) is 10.4 Å². The number of hydrogen-bond donors (Lipinski definition) is 2. The Morgan fingerprint density at radius 3 is 2.41 bits per heavy atom. The van der Waals surface area contributed by atoms with E-state index in [2.05, 4.69) is 5.32 Å². The Balaban J connectivity index is 2.72. The summed E-state index contributed by atoms with van der Waals surface area (Å²) < 4.78 is 0. The molecule has 2 N–H and O–H groups in total. The zero-order chi connectivity index (χ0) is 12.8. The van der Waals surface area contributed by atoms with E-state index in [9.17, 15) is 4.79 Å². The highest BCUT2D eigenvalue weighted by molar-refractivity contribution is 5.68. The van der Waals surface area contributed by atoms with E-state index in [1.807, 2.05) is 19.9 Å². The van der Waals surface area contributed by atoms with Gasteiger partial charge in [-0.25, -0.2) is 0 Å². The normalized spacial score (nSPS) is 11.9. The number of rotatable bonds is 5. The summed E-state index contributed by atoms with van der Waals surface area (Å²) in [4.78, 5) is 10.7. The third kappa shape index (κ3) is 4.15. The van der Waals surface area contributed by atoms with Crippen LogP contribution < -0.4 is 5.32 Å². The van der Waals surface area contributed by atoms with Gasteiger partial charge >= 0.3 is 5.97 Å². The second-order valence-corrected chi connectivity index (χ2v) is 4.28. The summed E-state index contributed by atoms with van der Waals surface area (Å²) in [6, 6.07) is 8.92. The summed E-state index contributed by atoms with van der Waals surface area (Å²) in [5.74, 6) is -0.591. The van der Waals surface area contributed by atoms with Gasteiger partial charge in [0.2, 0.25) is 0 Å².